The van der Waals surface area contributed by atoms with Crippen molar-refractivity contribution < 1.29 is 24.5 Å². The molecule has 4 rings (SSSR count). The molecular formula is C25H22N2O5. The van der Waals surface area contributed by atoms with Crippen LogP contribution in [0.5, 0.6) is 11.5 Å². The number of Topliss-reactive ketones (excluding diaryl/α,β-unsaturated/α-hetero) is 1. The summed E-state index contributed by atoms with van der Waals surface area (Å²) in [5.41, 5.74) is 1.62. The maximum atomic E-state index is 13.1. The van der Waals surface area contributed by atoms with Gasteiger partial charge in [0.25, 0.3) is 11.7 Å². The van der Waals surface area contributed by atoms with Gasteiger partial charge in [-0.05, 0) is 54.4 Å². The summed E-state index contributed by atoms with van der Waals surface area (Å²) in [7, 11) is 0. The van der Waals surface area contributed by atoms with Crippen molar-refractivity contribution in [1.29, 1.82) is 0 Å². The summed E-state index contributed by atoms with van der Waals surface area (Å²) >= 11 is 0. The maximum Gasteiger partial charge on any atom is 0.295 e. The molecule has 1 amide bonds. The zero-order chi connectivity index (χ0) is 22.7. The van der Waals surface area contributed by atoms with Gasteiger partial charge in [0.05, 0.1) is 18.2 Å². The average molecular weight is 430 g/mol. The van der Waals surface area contributed by atoms with E-state index in [0.29, 0.717) is 23.5 Å². The predicted molar refractivity (Wildman–Crippen MR) is 118 cm³/mol. The number of ether oxygens (including phenoxy) is 1. The number of aliphatic hydroxyl groups excluding tert-OH is 1. The van der Waals surface area contributed by atoms with Gasteiger partial charge < -0.3 is 19.8 Å². The number of aliphatic hydroxyl groups is 1. The van der Waals surface area contributed by atoms with Gasteiger partial charge in [0, 0.05) is 24.5 Å². The highest BCUT2D eigenvalue weighted by Crippen LogP contribution is 2.41. The number of benzene rings is 2. The number of carbonyl (C=O) groups excluding carboxylic acids is 2. The summed E-state index contributed by atoms with van der Waals surface area (Å²) in [6, 6.07) is 15.7. The number of aromatic nitrogens is 1. The summed E-state index contributed by atoms with van der Waals surface area (Å²) in [6.07, 6.45) is 3.21. The molecule has 0 saturated carbocycles. The van der Waals surface area contributed by atoms with E-state index in [-0.39, 0.29) is 23.6 Å². The lowest BCUT2D eigenvalue weighted by atomic mass is 9.95. The molecule has 1 aromatic heterocycles. The molecule has 2 heterocycles. The smallest absolute Gasteiger partial charge is 0.295 e. The molecule has 7 heteroatoms. The van der Waals surface area contributed by atoms with Crippen LogP contribution in [-0.4, -0.2) is 38.4 Å². The van der Waals surface area contributed by atoms with E-state index in [9.17, 15) is 19.8 Å². The molecule has 1 saturated heterocycles. The van der Waals surface area contributed by atoms with E-state index < -0.39 is 17.7 Å². The van der Waals surface area contributed by atoms with Crippen LogP contribution in [0.1, 0.15) is 29.7 Å². The fourth-order valence-electron chi connectivity index (χ4n) is 3.82. The van der Waals surface area contributed by atoms with Gasteiger partial charge in [-0.25, -0.2) is 0 Å². The molecular weight excluding hydrogens is 408 g/mol. The fraction of sp³-hybridized carbons (Fsp3) is 0.160. The van der Waals surface area contributed by atoms with E-state index in [0.717, 1.165) is 5.56 Å². The second kappa shape index (κ2) is 8.93. The molecule has 162 valence electrons. The van der Waals surface area contributed by atoms with E-state index in [1.165, 1.54) is 17.0 Å². The normalized spacial score (nSPS) is 17.5. The van der Waals surface area contributed by atoms with Crippen molar-refractivity contribution in [2.75, 3.05) is 6.61 Å². The monoisotopic (exact) mass is 430 g/mol. The van der Waals surface area contributed by atoms with E-state index in [2.05, 4.69) is 4.98 Å². The van der Waals surface area contributed by atoms with Crippen LogP contribution in [0.15, 0.2) is 78.6 Å². The number of hydrogen-bond donors (Lipinski definition) is 2. The zero-order valence-corrected chi connectivity index (χ0v) is 17.4. The van der Waals surface area contributed by atoms with Crippen molar-refractivity contribution in [2.24, 2.45) is 0 Å². The summed E-state index contributed by atoms with van der Waals surface area (Å²) < 4.78 is 5.50. The molecule has 2 aromatic carbocycles. The third-order valence-corrected chi connectivity index (χ3v) is 5.25. The number of pyridine rings is 1. The third kappa shape index (κ3) is 4.05. The van der Waals surface area contributed by atoms with E-state index in [4.69, 9.17) is 4.74 Å². The molecule has 1 atom stereocenters. The van der Waals surface area contributed by atoms with Crippen molar-refractivity contribution in [3.05, 3.63) is 95.3 Å². The highest BCUT2D eigenvalue weighted by Gasteiger charge is 2.46. The van der Waals surface area contributed by atoms with Crippen LogP contribution in [0, 0.1) is 0 Å². The Labute approximate surface area is 185 Å². The SMILES string of the molecule is CCOc1cccc(C(O)=C2C(=O)C(=O)N(Cc3ccncc3)[C@@H]2c2cccc(O)c2)c1. The second-order valence-corrected chi connectivity index (χ2v) is 7.34. The van der Waals surface area contributed by atoms with Crippen LogP contribution >= 0.6 is 0 Å². The summed E-state index contributed by atoms with van der Waals surface area (Å²) in [5.74, 6) is -1.27. The quantitative estimate of drug-likeness (QED) is 0.350. The Morgan fingerprint density at radius 3 is 2.53 bits per heavy atom. The molecule has 0 spiro atoms. The topological polar surface area (TPSA) is 100.0 Å². The third-order valence-electron chi connectivity index (χ3n) is 5.25. The van der Waals surface area contributed by atoms with Gasteiger partial charge in [-0.2, -0.15) is 0 Å². The second-order valence-electron chi connectivity index (χ2n) is 7.34. The van der Waals surface area contributed by atoms with Gasteiger partial charge >= 0.3 is 0 Å². The highest BCUT2D eigenvalue weighted by molar-refractivity contribution is 6.46. The standard InChI is InChI=1S/C25H22N2O5/c1-2-32-20-8-4-6-18(14-20)23(29)21-22(17-5-3-7-19(28)13-17)27(25(31)24(21)30)15-16-9-11-26-12-10-16/h3-14,22,28-29H,2,15H2,1H3/t22-/m1/s1. The molecule has 32 heavy (non-hydrogen) atoms. The molecule has 7 nitrogen and oxygen atoms in total. The molecule has 1 aliphatic rings. The molecule has 1 fully saturated rings. The van der Waals surface area contributed by atoms with E-state index in [1.807, 2.05) is 6.92 Å². The lowest BCUT2D eigenvalue weighted by Gasteiger charge is -2.25. The van der Waals surface area contributed by atoms with Crippen LogP contribution in [0.3, 0.4) is 0 Å². The Hall–Kier alpha value is -4.13. The largest absolute Gasteiger partial charge is 0.508 e. The number of ketones is 1. The number of rotatable bonds is 6. The minimum atomic E-state index is -0.869. The summed E-state index contributed by atoms with van der Waals surface area (Å²) in [6.45, 7) is 2.44. The Balaban J connectivity index is 1.85. The van der Waals surface area contributed by atoms with Crippen molar-refractivity contribution in [2.45, 2.75) is 19.5 Å². The first kappa shape index (κ1) is 21.1. The van der Waals surface area contributed by atoms with E-state index in [1.54, 1.807) is 60.9 Å². The molecule has 0 bridgehead atoms. The summed E-state index contributed by atoms with van der Waals surface area (Å²) in [5, 5.41) is 21.2. The number of phenols is 1. The number of hydrogen-bond acceptors (Lipinski definition) is 6. The van der Waals surface area contributed by atoms with Gasteiger partial charge in [0.1, 0.15) is 17.3 Å². The first-order chi connectivity index (χ1) is 15.5. The minimum absolute atomic E-state index is 0.00431. The zero-order valence-electron chi connectivity index (χ0n) is 17.4. The molecule has 0 unspecified atom stereocenters. The molecule has 0 aliphatic carbocycles. The van der Waals surface area contributed by atoms with Gasteiger partial charge in [-0.1, -0.05) is 24.3 Å². The lowest BCUT2D eigenvalue weighted by molar-refractivity contribution is -0.140. The fourth-order valence-corrected chi connectivity index (χ4v) is 3.82. The van der Waals surface area contributed by atoms with Crippen molar-refractivity contribution in [3.8, 4) is 11.5 Å². The van der Waals surface area contributed by atoms with Gasteiger partial charge in [0.2, 0.25) is 0 Å². The Kier molecular flexibility index (Phi) is 5.89. The molecule has 3 aromatic rings. The first-order valence-corrected chi connectivity index (χ1v) is 10.2. The van der Waals surface area contributed by atoms with Crippen LogP contribution in [0.4, 0.5) is 0 Å². The lowest BCUT2D eigenvalue weighted by Crippen LogP contribution is -2.29. The Morgan fingerprint density at radius 1 is 1.06 bits per heavy atom. The average Bonchev–Trinajstić information content (AvgIpc) is 3.05. The highest BCUT2D eigenvalue weighted by atomic mass is 16.5. The predicted octanol–water partition coefficient (Wildman–Crippen LogP) is 3.81. The number of nitrogens with zero attached hydrogens (tertiary/aromatic N) is 2. The Bertz CT molecular complexity index is 1190. The molecule has 1 aliphatic heterocycles. The van der Waals surface area contributed by atoms with Gasteiger partial charge in [-0.15, -0.1) is 0 Å². The Morgan fingerprint density at radius 2 is 1.81 bits per heavy atom. The van der Waals surface area contributed by atoms with Gasteiger partial charge in [0.15, 0.2) is 0 Å². The van der Waals surface area contributed by atoms with Crippen molar-refractivity contribution in [1.82, 2.24) is 9.88 Å². The van der Waals surface area contributed by atoms with E-state index >= 15 is 0 Å². The van der Waals surface area contributed by atoms with Crippen molar-refractivity contribution in [3.63, 3.8) is 0 Å². The van der Waals surface area contributed by atoms with Crippen LogP contribution in [0.2, 0.25) is 0 Å². The number of aromatic hydroxyl groups is 1. The maximum absolute atomic E-state index is 13.1. The van der Waals surface area contributed by atoms with Crippen LogP contribution in [0.25, 0.3) is 5.76 Å². The number of phenolic OH excluding ortho intramolecular Hbond substituents is 1. The number of carbonyl (C=O) groups is 2. The van der Waals surface area contributed by atoms with Crippen LogP contribution < -0.4 is 4.74 Å². The minimum Gasteiger partial charge on any atom is -0.508 e. The number of likely N-dealkylation sites (tertiary alicyclic amines) is 1. The molecule has 2 N–H and O–H groups in total. The van der Waals surface area contributed by atoms with Crippen LogP contribution in [-0.2, 0) is 16.1 Å². The van der Waals surface area contributed by atoms with Gasteiger partial charge in [-0.3, -0.25) is 14.6 Å². The van der Waals surface area contributed by atoms with Crippen molar-refractivity contribution >= 4 is 17.4 Å². The first-order valence-electron chi connectivity index (χ1n) is 10.2. The summed E-state index contributed by atoms with van der Waals surface area (Å²) in [4.78, 5) is 31.5. The number of amides is 1. The molecule has 0 radical (unpaired) electrons.